The van der Waals surface area contributed by atoms with Crippen LogP contribution in [0.5, 0.6) is 0 Å². The molecule has 0 spiro atoms. The van der Waals surface area contributed by atoms with E-state index in [1.165, 1.54) is 46.3 Å². The third-order valence-corrected chi connectivity index (χ3v) is 5.60. The molecule has 0 aromatic carbocycles. The predicted molar refractivity (Wildman–Crippen MR) is 70.3 cm³/mol. The van der Waals surface area contributed by atoms with Crippen molar-refractivity contribution < 1.29 is 0 Å². The maximum atomic E-state index is 6.34. The molecule has 1 aliphatic carbocycles. The van der Waals surface area contributed by atoms with E-state index >= 15 is 0 Å². The molecule has 1 nitrogen and oxygen atoms in total. The summed E-state index contributed by atoms with van der Waals surface area (Å²) in [6.07, 6.45) is 6.76. The monoisotopic (exact) mass is 287 g/mol. The second-order valence-electron chi connectivity index (χ2n) is 4.53. The van der Waals surface area contributed by atoms with Crippen molar-refractivity contribution >= 4 is 27.3 Å². The Hall–Kier alpha value is 0.140. The Morgan fingerprint density at radius 1 is 1.40 bits per heavy atom. The Morgan fingerprint density at radius 3 is 2.60 bits per heavy atom. The van der Waals surface area contributed by atoms with Gasteiger partial charge >= 0.3 is 0 Å². The second-order valence-corrected chi connectivity index (χ2v) is 6.93. The van der Waals surface area contributed by atoms with E-state index in [-0.39, 0.29) is 6.04 Å². The van der Waals surface area contributed by atoms with E-state index in [4.69, 9.17) is 5.73 Å². The highest BCUT2D eigenvalue weighted by atomic mass is 79.9. The largest absolute Gasteiger partial charge is 0.323 e. The van der Waals surface area contributed by atoms with Crippen LogP contribution in [0.1, 0.15) is 48.6 Å². The lowest BCUT2D eigenvalue weighted by molar-refractivity contribution is 0.310. The number of hydrogen-bond acceptors (Lipinski definition) is 2. The van der Waals surface area contributed by atoms with Gasteiger partial charge in [0.15, 0.2) is 0 Å². The fourth-order valence-corrected chi connectivity index (χ4v) is 4.04. The van der Waals surface area contributed by atoms with Gasteiger partial charge in [-0.25, -0.2) is 0 Å². The van der Waals surface area contributed by atoms with E-state index in [0.717, 1.165) is 0 Å². The molecule has 1 aromatic rings. The molecule has 0 radical (unpaired) electrons. The normalized spacial score (nSPS) is 20.5. The minimum absolute atomic E-state index is 0.264. The molecule has 1 atom stereocenters. The number of halogens is 1. The van der Waals surface area contributed by atoms with E-state index in [1.54, 1.807) is 0 Å². The molecular formula is C12H18BrNS. The molecule has 15 heavy (non-hydrogen) atoms. The highest BCUT2D eigenvalue weighted by molar-refractivity contribution is 9.11. The molecule has 1 heterocycles. The van der Waals surface area contributed by atoms with Gasteiger partial charge in [-0.1, -0.05) is 19.3 Å². The Labute approximate surface area is 104 Å². The van der Waals surface area contributed by atoms with E-state index in [2.05, 4.69) is 28.9 Å². The van der Waals surface area contributed by atoms with Crippen molar-refractivity contribution in [1.82, 2.24) is 0 Å². The SMILES string of the molecule is Cc1cc([C@H](N)C2CCCCC2)sc1Br. The lowest BCUT2D eigenvalue weighted by atomic mass is 9.84. The molecule has 1 fully saturated rings. The third kappa shape index (κ3) is 2.63. The topological polar surface area (TPSA) is 26.0 Å². The molecule has 0 unspecified atom stereocenters. The van der Waals surface area contributed by atoms with E-state index < -0.39 is 0 Å². The molecule has 3 heteroatoms. The van der Waals surface area contributed by atoms with Gasteiger partial charge in [0, 0.05) is 10.9 Å². The molecule has 0 saturated heterocycles. The summed E-state index contributed by atoms with van der Waals surface area (Å²) in [4.78, 5) is 1.35. The van der Waals surface area contributed by atoms with Gasteiger partial charge in [-0.15, -0.1) is 11.3 Å². The summed E-state index contributed by atoms with van der Waals surface area (Å²) in [7, 11) is 0. The van der Waals surface area contributed by atoms with E-state index in [9.17, 15) is 0 Å². The van der Waals surface area contributed by atoms with Crippen LogP contribution in [0.2, 0.25) is 0 Å². The van der Waals surface area contributed by atoms with Crippen LogP contribution in [0.15, 0.2) is 9.85 Å². The van der Waals surface area contributed by atoms with Crippen molar-refractivity contribution in [3.05, 3.63) is 20.3 Å². The first kappa shape index (κ1) is 11.6. The molecular weight excluding hydrogens is 270 g/mol. The maximum absolute atomic E-state index is 6.34. The van der Waals surface area contributed by atoms with Crippen molar-refractivity contribution in [2.24, 2.45) is 11.7 Å². The first-order valence-electron chi connectivity index (χ1n) is 5.70. The molecule has 0 amide bonds. The zero-order valence-electron chi connectivity index (χ0n) is 9.13. The van der Waals surface area contributed by atoms with Crippen molar-refractivity contribution in [3.8, 4) is 0 Å². The summed E-state index contributed by atoms with van der Waals surface area (Å²) in [5.74, 6) is 0.712. The summed E-state index contributed by atoms with van der Waals surface area (Å²) >= 11 is 5.38. The summed E-state index contributed by atoms with van der Waals surface area (Å²) in [6.45, 7) is 2.14. The highest BCUT2D eigenvalue weighted by Gasteiger charge is 2.23. The quantitative estimate of drug-likeness (QED) is 0.857. The standard InChI is InChI=1S/C12H18BrNS/c1-8-7-10(15-12(8)13)11(14)9-5-3-2-4-6-9/h7,9,11H,2-6,14H2,1H3/t11-/m1/s1. The van der Waals surface area contributed by atoms with Crippen molar-refractivity contribution in [2.75, 3.05) is 0 Å². The van der Waals surface area contributed by atoms with Gasteiger partial charge in [-0.05, 0) is 53.2 Å². The molecule has 1 aliphatic rings. The van der Waals surface area contributed by atoms with Gasteiger partial charge in [0.1, 0.15) is 0 Å². The van der Waals surface area contributed by atoms with Gasteiger partial charge in [0.2, 0.25) is 0 Å². The number of nitrogens with two attached hydrogens (primary N) is 1. The molecule has 1 aromatic heterocycles. The average Bonchev–Trinajstić information content (AvgIpc) is 2.59. The van der Waals surface area contributed by atoms with Gasteiger partial charge in [0.25, 0.3) is 0 Å². The molecule has 0 bridgehead atoms. The summed E-state index contributed by atoms with van der Waals surface area (Å²) in [5.41, 5.74) is 7.66. The Kier molecular flexibility index (Phi) is 3.86. The summed E-state index contributed by atoms with van der Waals surface area (Å²) in [6, 6.07) is 2.51. The fraction of sp³-hybridized carbons (Fsp3) is 0.667. The minimum atomic E-state index is 0.264. The smallest absolute Gasteiger partial charge is 0.0731 e. The Bertz CT molecular complexity index is 309. The predicted octanol–water partition coefficient (Wildman–Crippen LogP) is 4.40. The van der Waals surface area contributed by atoms with Crippen LogP contribution in [-0.4, -0.2) is 0 Å². The van der Waals surface area contributed by atoms with Crippen LogP contribution < -0.4 is 5.73 Å². The highest BCUT2D eigenvalue weighted by Crippen LogP contribution is 2.38. The van der Waals surface area contributed by atoms with Crippen molar-refractivity contribution in [2.45, 2.75) is 45.1 Å². The maximum Gasteiger partial charge on any atom is 0.0731 e. The number of aryl methyl sites for hydroxylation is 1. The van der Waals surface area contributed by atoms with Crippen molar-refractivity contribution in [3.63, 3.8) is 0 Å². The summed E-state index contributed by atoms with van der Waals surface area (Å²) < 4.78 is 1.24. The number of thiophene rings is 1. The molecule has 2 rings (SSSR count). The zero-order chi connectivity index (χ0) is 10.8. The van der Waals surface area contributed by atoms with Gasteiger partial charge in [0.05, 0.1) is 3.79 Å². The fourth-order valence-electron chi connectivity index (χ4n) is 2.37. The Balaban J connectivity index is 2.08. The Morgan fingerprint density at radius 2 is 2.07 bits per heavy atom. The number of rotatable bonds is 2. The second kappa shape index (κ2) is 4.98. The van der Waals surface area contributed by atoms with Gasteiger partial charge < -0.3 is 5.73 Å². The first-order chi connectivity index (χ1) is 7.18. The number of hydrogen-bond donors (Lipinski definition) is 1. The first-order valence-corrected chi connectivity index (χ1v) is 7.31. The average molecular weight is 288 g/mol. The zero-order valence-corrected chi connectivity index (χ0v) is 11.5. The summed E-state index contributed by atoms with van der Waals surface area (Å²) in [5, 5.41) is 0. The molecule has 0 aliphatic heterocycles. The van der Waals surface area contributed by atoms with Crippen LogP contribution in [0.4, 0.5) is 0 Å². The van der Waals surface area contributed by atoms with E-state index in [1.807, 2.05) is 11.3 Å². The lowest BCUT2D eigenvalue weighted by Crippen LogP contribution is -2.22. The van der Waals surface area contributed by atoms with Gasteiger partial charge in [-0.3, -0.25) is 0 Å². The van der Waals surface area contributed by atoms with Crippen molar-refractivity contribution in [1.29, 1.82) is 0 Å². The van der Waals surface area contributed by atoms with Crippen LogP contribution in [0.3, 0.4) is 0 Å². The minimum Gasteiger partial charge on any atom is -0.323 e. The lowest BCUT2D eigenvalue weighted by Gasteiger charge is -2.26. The van der Waals surface area contributed by atoms with Gasteiger partial charge in [-0.2, -0.15) is 0 Å². The molecule has 84 valence electrons. The van der Waals surface area contributed by atoms with Crippen LogP contribution in [0, 0.1) is 12.8 Å². The molecule has 2 N–H and O–H groups in total. The third-order valence-electron chi connectivity index (χ3n) is 3.36. The van der Waals surface area contributed by atoms with E-state index in [0.29, 0.717) is 5.92 Å². The van der Waals surface area contributed by atoms with Crippen LogP contribution in [-0.2, 0) is 0 Å². The van der Waals surface area contributed by atoms with Crippen LogP contribution in [0.25, 0.3) is 0 Å². The van der Waals surface area contributed by atoms with Crippen LogP contribution >= 0.6 is 27.3 Å². The molecule has 1 saturated carbocycles.